The molecule has 1 unspecified atom stereocenters. The fourth-order valence-corrected chi connectivity index (χ4v) is 2.73. The van der Waals surface area contributed by atoms with Crippen molar-refractivity contribution in [2.75, 3.05) is 26.7 Å². The molecular formula is C19H24F3IN4O. The summed E-state index contributed by atoms with van der Waals surface area (Å²) in [5, 5.41) is 6.29. The van der Waals surface area contributed by atoms with Crippen LogP contribution in [-0.4, -0.2) is 49.5 Å². The first kappa shape index (κ1) is 24.1. The van der Waals surface area contributed by atoms with E-state index in [0.29, 0.717) is 31.0 Å². The van der Waals surface area contributed by atoms with Crippen LogP contribution >= 0.6 is 24.0 Å². The maximum Gasteiger partial charge on any atom is 0.416 e. The van der Waals surface area contributed by atoms with Crippen LogP contribution in [-0.2, 0) is 11.0 Å². The van der Waals surface area contributed by atoms with Gasteiger partial charge in [0.15, 0.2) is 5.96 Å². The predicted octanol–water partition coefficient (Wildman–Crippen LogP) is 2.85. The number of amides is 1. The molecule has 1 aliphatic heterocycles. The topological polar surface area (TPSA) is 56.7 Å². The van der Waals surface area contributed by atoms with Gasteiger partial charge in [-0.15, -0.1) is 24.0 Å². The molecule has 1 aromatic carbocycles. The summed E-state index contributed by atoms with van der Waals surface area (Å²) in [4.78, 5) is 17.7. The number of carbonyl (C=O) groups is 1. The van der Waals surface area contributed by atoms with Gasteiger partial charge in [0.2, 0.25) is 5.91 Å². The predicted molar refractivity (Wildman–Crippen MR) is 114 cm³/mol. The summed E-state index contributed by atoms with van der Waals surface area (Å²) < 4.78 is 37.6. The van der Waals surface area contributed by atoms with E-state index in [9.17, 15) is 18.0 Å². The van der Waals surface area contributed by atoms with E-state index in [4.69, 9.17) is 0 Å². The van der Waals surface area contributed by atoms with Crippen molar-refractivity contribution in [2.24, 2.45) is 4.99 Å². The Labute approximate surface area is 180 Å². The van der Waals surface area contributed by atoms with Crippen molar-refractivity contribution >= 4 is 35.8 Å². The minimum absolute atomic E-state index is 0. The fraction of sp³-hybridized carbons (Fsp3) is 0.474. The SMILES string of the molecule is CCC(=O)N1CCC(NC(=NC)NCC#Cc2ccc(C(F)(F)F)cc2)C1.I. The van der Waals surface area contributed by atoms with E-state index in [1.807, 2.05) is 11.8 Å². The minimum Gasteiger partial charge on any atom is -0.352 e. The van der Waals surface area contributed by atoms with Gasteiger partial charge in [-0.1, -0.05) is 18.8 Å². The van der Waals surface area contributed by atoms with E-state index in [1.54, 1.807) is 7.05 Å². The van der Waals surface area contributed by atoms with Crippen LogP contribution in [0.3, 0.4) is 0 Å². The average Bonchev–Trinajstić information content (AvgIpc) is 3.11. The highest BCUT2D eigenvalue weighted by Crippen LogP contribution is 2.28. The van der Waals surface area contributed by atoms with E-state index in [1.165, 1.54) is 12.1 Å². The molecule has 1 fully saturated rings. The van der Waals surface area contributed by atoms with Crippen molar-refractivity contribution in [1.82, 2.24) is 15.5 Å². The highest BCUT2D eigenvalue weighted by molar-refractivity contribution is 14.0. The van der Waals surface area contributed by atoms with Crippen LogP contribution in [0, 0.1) is 11.8 Å². The molecule has 2 N–H and O–H groups in total. The summed E-state index contributed by atoms with van der Waals surface area (Å²) in [6, 6.07) is 4.86. The monoisotopic (exact) mass is 508 g/mol. The van der Waals surface area contributed by atoms with Crippen molar-refractivity contribution in [3.63, 3.8) is 0 Å². The molecule has 0 aromatic heterocycles. The van der Waals surface area contributed by atoms with E-state index in [-0.39, 0.29) is 35.9 Å². The zero-order valence-electron chi connectivity index (χ0n) is 15.8. The van der Waals surface area contributed by atoms with Crippen LogP contribution in [0.15, 0.2) is 29.3 Å². The van der Waals surface area contributed by atoms with Crippen LogP contribution in [0.2, 0.25) is 0 Å². The maximum absolute atomic E-state index is 12.5. The Balaban J connectivity index is 0.00000392. The minimum atomic E-state index is -4.34. The van der Waals surface area contributed by atoms with E-state index < -0.39 is 11.7 Å². The van der Waals surface area contributed by atoms with Gasteiger partial charge in [0, 0.05) is 38.2 Å². The molecular weight excluding hydrogens is 484 g/mol. The molecule has 1 amide bonds. The molecule has 0 bridgehead atoms. The zero-order valence-corrected chi connectivity index (χ0v) is 18.1. The lowest BCUT2D eigenvalue weighted by atomic mass is 10.1. The molecule has 1 aromatic rings. The normalized spacial score (nSPS) is 16.7. The Kier molecular flexibility index (Phi) is 9.58. The summed E-state index contributed by atoms with van der Waals surface area (Å²) in [6.45, 7) is 3.52. The fourth-order valence-electron chi connectivity index (χ4n) is 2.73. The number of nitrogens with one attached hydrogen (secondary N) is 2. The second-order valence-electron chi connectivity index (χ2n) is 6.13. The Morgan fingerprint density at radius 3 is 2.57 bits per heavy atom. The number of alkyl halides is 3. The molecule has 154 valence electrons. The number of aliphatic imine (C=N–C) groups is 1. The Morgan fingerprint density at radius 2 is 2.00 bits per heavy atom. The number of guanidine groups is 1. The molecule has 1 saturated heterocycles. The van der Waals surface area contributed by atoms with Crippen molar-refractivity contribution in [1.29, 1.82) is 0 Å². The van der Waals surface area contributed by atoms with Crippen LogP contribution < -0.4 is 10.6 Å². The van der Waals surface area contributed by atoms with Crippen LogP contribution in [0.1, 0.15) is 30.9 Å². The van der Waals surface area contributed by atoms with Gasteiger partial charge in [0.05, 0.1) is 12.1 Å². The third-order valence-corrected chi connectivity index (χ3v) is 4.20. The standard InChI is InChI=1S/C19H23F3N4O.HI/c1-3-17(27)26-12-10-16(13-26)25-18(23-2)24-11-4-5-14-6-8-15(9-7-14)19(20,21)22;/h6-9,16H,3,10-13H2,1-2H3,(H2,23,24,25);1H. The van der Waals surface area contributed by atoms with Gasteiger partial charge in [-0.25, -0.2) is 0 Å². The van der Waals surface area contributed by atoms with Crippen molar-refractivity contribution < 1.29 is 18.0 Å². The Bertz CT molecular complexity index is 738. The quantitative estimate of drug-likeness (QED) is 0.286. The summed E-state index contributed by atoms with van der Waals surface area (Å²) in [5.74, 6) is 6.39. The number of likely N-dealkylation sites (tertiary alicyclic amines) is 1. The summed E-state index contributed by atoms with van der Waals surface area (Å²) in [5.41, 5.74) is -0.180. The number of hydrogen-bond donors (Lipinski definition) is 2. The first-order chi connectivity index (χ1) is 12.8. The molecule has 0 radical (unpaired) electrons. The van der Waals surface area contributed by atoms with Gasteiger partial charge >= 0.3 is 6.18 Å². The number of carbonyl (C=O) groups excluding carboxylic acids is 1. The zero-order chi connectivity index (χ0) is 19.9. The molecule has 0 aliphatic carbocycles. The summed E-state index contributed by atoms with van der Waals surface area (Å²) in [6.07, 6.45) is -2.99. The molecule has 1 heterocycles. The first-order valence-corrected chi connectivity index (χ1v) is 8.74. The molecule has 9 heteroatoms. The largest absolute Gasteiger partial charge is 0.416 e. The number of nitrogens with zero attached hydrogens (tertiary/aromatic N) is 2. The van der Waals surface area contributed by atoms with Crippen LogP contribution in [0.4, 0.5) is 13.2 Å². The lowest BCUT2D eigenvalue weighted by Gasteiger charge is -2.18. The number of halogens is 4. The van der Waals surface area contributed by atoms with Gasteiger partial charge in [-0.3, -0.25) is 9.79 Å². The summed E-state index contributed by atoms with van der Waals surface area (Å²) in [7, 11) is 1.64. The van der Waals surface area contributed by atoms with E-state index in [2.05, 4.69) is 27.5 Å². The smallest absolute Gasteiger partial charge is 0.352 e. The maximum atomic E-state index is 12.5. The van der Waals surface area contributed by atoms with Crippen LogP contribution in [0.5, 0.6) is 0 Å². The molecule has 2 rings (SSSR count). The highest BCUT2D eigenvalue weighted by atomic mass is 127. The third-order valence-electron chi connectivity index (χ3n) is 4.20. The summed E-state index contributed by atoms with van der Waals surface area (Å²) >= 11 is 0. The molecule has 28 heavy (non-hydrogen) atoms. The van der Waals surface area contributed by atoms with Crippen molar-refractivity contribution in [2.45, 2.75) is 32.0 Å². The van der Waals surface area contributed by atoms with Gasteiger partial charge in [-0.05, 0) is 30.7 Å². The highest BCUT2D eigenvalue weighted by Gasteiger charge is 2.29. The van der Waals surface area contributed by atoms with Gasteiger partial charge in [-0.2, -0.15) is 13.2 Å². The average molecular weight is 508 g/mol. The Morgan fingerprint density at radius 1 is 1.32 bits per heavy atom. The molecule has 1 aliphatic rings. The van der Waals surface area contributed by atoms with E-state index >= 15 is 0 Å². The second-order valence-corrected chi connectivity index (χ2v) is 6.13. The first-order valence-electron chi connectivity index (χ1n) is 8.74. The van der Waals surface area contributed by atoms with E-state index in [0.717, 1.165) is 25.1 Å². The molecule has 1 atom stereocenters. The van der Waals surface area contributed by atoms with Gasteiger partial charge < -0.3 is 15.5 Å². The molecule has 0 spiro atoms. The second kappa shape index (κ2) is 11.1. The van der Waals surface area contributed by atoms with Gasteiger partial charge in [0.1, 0.15) is 0 Å². The Hall–Kier alpha value is -1.96. The van der Waals surface area contributed by atoms with Gasteiger partial charge in [0.25, 0.3) is 0 Å². The van der Waals surface area contributed by atoms with Crippen molar-refractivity contribution in [3.8, 4) is 11.8 Å². The number of benzene rings is 1. The van der Waals surface area contributed by atoms with Crippen molar-refractivity contribution in [3.05, 3.63) is 35.4 Å². The lowest BCUT2D eigenvalue weighted by molar-refractivity contribution is -0.137. The van der Waals surface area contributed by atoms with Crippen LogP contribution in [0.25, 0.3) is 0 Å². The third kappa shape index (κ3) is 7.22. The number of hydrogen-bond acceptors (Lipinski definition) is 2. The molecule has 0 saturated carbocycles. The molecule has 5 nitrogen and oxygen atoms in total. The number of rotatable bonds is 3. The lowest BCUT2D eigenvalue weighted by Crippen LogP contribution is -2.45.